The van der Waals surface area contributed by atoms with Crippen LogP contribution in [0.4, 0.5) is 18.9 Å². The number of amides is 1. The molecule has 1 aliphatic heterocycles. The number of hydrogen-bond donors (Lipinski definition) is 0. The molecular formula is C24H20F3NOS. The lowest BCUT2D eigenvalue weighted by Gasteiger charge is -2.25. The molecule has 0 saturated carbocycles. The molecule has 1 atom stereocenters. The summed E-state index contributed by atoms with van der Waals surface area (Å²) < 4.78 is 39.4. The zero-order chi connectivity index (χ0) is 21.3. The Labute approximate surface area is 177 Å². The van der Waals surface area contributed by atoms with Crippen molar-refractivity contribution in [2.45, 2.75) is 24.9 Å². The van der Waals surface area contributed by atoms with Crippen molar-refractivity contribution >= 4 is 23.4 Å². The SMILES string of the molecule is CCc1ccc(-c2ccc(N3C(=O)CSC3c3cccc(C(F)(F)F)c3)cc2)cc1. The van der Waals surface area contributed by atoms with Crippen molar-refractivity contribution < 1.29 is 18.0 Å². The van der Waals surface area contributed by atoms with Crippen LogP contribution in [-0.2, 0) is 17.4 Å². The number of nitrogens with zero attached hydrogens (tertiary/aromatic N) is 1. The second kappa shape index (κ2) is 8.19. The molecule has 1 aliphatic rings. The molecule has 154 valence electrons. The highest BCUT2D eigenvalue weighted by Gasteiger charge is 2.36. The number of alkyl halides is 3. The number of rotatable bonds is 4. The van der Waals surface area contributed by atoms with E-state index in [0.29, 0.717) is 11.3 Å². The molecule has 2 nitrogen and oxygen atoms in total. The van der Waals surface area contributed by atoms with Gasteiger partial charge in [0, 0.05) is 5.69 Å². The van der Waals surface area contributed by atoms with Crippen LogP contribution in [0.3, 0.4) is 0 Å². The van der Waals surface area contributed by atoms with E-state index in [9.17, 15) is 18.0 Å². The first-order valence-corrected chi connectivity index (χ1v) is 10.7. The second-order valence-electron chi connectivity index (χ2n) is 7.15. The van der Waals surface area contributed by atoms with Crippen molar-refractivity contribution in [1.29, 1.82) is 0 Å². The monoisotopic (exact) mass is 427 g/mol. The summed E-state index contributed by atoms with van der Waals surface area (Å²) in [6.07, 6.45) is -3.44. The lowest BCUT2D eigenvalue weighted by Crippen LogP contribution is -2.27. The summed E-state index contributed by atoms with van der Waals surface area (Å²) in [5.41, 5.74) is 3.82. The Morgan fingerprint density at radius 3 is 2.20 bits per heavy atom. The van der Waals surface area contributed by atoms with Crippen LogP contribution in [0.2, 0.25) is 0 Å². The Morgan fingerprint density at radius 1 is 0.967 bits per heavy atom. The highest BCUT2D eigenvalue weighted by molar-refractivity contribution is 8.00. The third-order valence-electron chi connectivity index (χ3n) is 5.21. The topological polar surface area (TPSA) is 20.3 Å². The molecule has 0 bridgehead atoms. The van der Waals surface area contributed by atoms with Crippen LogP contribution < -0.4 is 4.90 Å². The zero-order valence-corrected chi connectivity index (χ0v) is 17.1. The van der Waals surface area contributed by atoms with Gasteiger partial charge in [-0.2, -0.15) is 13.2 Å². The van der Waals surface area contributed by atoms with Crippen LogP contribution in [0.5, 0.6) is 0 Å². The maximum atomic E-state index is 13.1. The zero-order valence-electron chi connectivity index (χ0n) is 16.3. The summed E-state index contributed by atoms with van der Waals surface area (Å²) in [5, 5.41) is -0.477. The first-order valence-electron chi connectivity index (χ1n) is 9.67. The van der Waals surface area contributed by atoms with E-state index in [2.05, 4.69) is 31.2 Å². The van der Waals surface area contributed by atoms with Crippen molar-refractivity contribution in [2.24, 2.45) is 0 Å². The Morgan fingerprint density at radius 2 is 1.60 bits per heavy atom. The van der Waals surface area contributed by atoms with Gasteiger partial charge in [0.2, 0.25) is 5.91 Å². The molecule has 1 unspecified atom stereocenters. The van der Waals surface area contributed by atoms with Crippen molar-refractivity contribution in [2.75, 3.05) is 10.7 Å². The molecule has 1 amide bonds. The quantitative estimate of drug-likeness (QED) is 0.461. The van der Waals surface area contributed by atoms with Gasteiger partial charge in [-0.25, -0.2) is 0 Å². The molecule has 1 fully saturated rings. The number of carbonyl (C=O) groups excluding carboxylic acids is 1. The highest BCUT2D eigenvalue weighted by Crippen LogP contribution is 2.43. The number of hydrogen-bond acceptors (Lipinski definition) is 2. The van der Waals surface area contributed by atoms with Gasteiger partial charge in [0.1, 0.15) is 5.37 Å². The van der Waals surface area contributed by atoms with Crippen LogP contribution in [0.15, 0.2) is 72.8 Å². The number of carbonyl (C=O) groups is 1. The fourth-order valence-corrected chi connectivity index (χ4v) is 4.73. The van der Waals surface area contributed by atoms with Gasteiger partial charge in [-0.3, -0.25) is 9.69 Å². The van der Waals surface area contributed by atoms with Gasteiger partial charge in [-0.1, -0.05) is 55.5 Å². The predicted octanol–water partition coefficient (Wildman–Crippen LogP) is 6.71. The lowest BCUT2D eigenvalue weighted by atomic mass is 10.0. The summed E-state index contributed by atoms with van der Waals surface area (Å²) in [4.78, 5) is 14.1. The van der Waals surface area contributed by atoms with Crippen LogP contribution >= 0.6 is 11.8 Å². The molecule has 6 heteroatoms. The lowest BCUT2D eigenvalue weighted by molar-refractivity contribution is -0.137. The van der Waals surface area contributed by atoms with E-state index in [-0.39, 0.29) is 11.7 Å². The van der Waals surface area contributed by atoms with Gasteiger partial charge in [0.15, 0.2) is 0 Å². The number of benzene rings is 3. The third kappa shape index (κ3) is 4.10. The van der Waals surface area contributed by atoms with Gasteiger partial charge >= 0.3 is 6.18 Å². The predicted molar refractivity (Wildman–Crippen MR) is 115 cm³/mol. The summed E-state index contributed by atoms with van der Waals surface area (Å²) in [5.74, 6) is 0.128. The smallest absolute Gasteiger partial charge is 0.295 e. The van der Waals surface area contributed by atoms with Crippen molar-refractivity contribution in [3.8, 4) is 11.1 Å². The molecule has 0 spiro atoms. The summed E-state index contributed by atoms with van der Waals surface area (Å²) in [6.45, 7) is 2.11. The normalized spacial score (nSPS) is 16.9. The molecule has 0 radical (unpaired) electrons. The van der Waals surface area contributed by atoms with E-state index in [4.69, 9.17) is 0 Å². The summed E-state index contributed by atoms with van der Waals surface area (Å²) in [6, 6.07) is 21.1. The van der Waals surface area contributed by atoms with Crippen molar-refractivity contribution in [3.63, 3.8) is 0 Å². The first kappa shape index (κ1) is 20.5. The average molecular weight is 427 g/mol. The number of halogens is 3. The van der Waals surface area contributed by atoms with Gasteiger partial charge in [0.25, 0.3) is 0 Å². The molecule has 4 rings (SSSR count). The third-order valence-corrected chi connectivity index (χ3v) is 6.42. The Hall–Kier alpha value is -2.73. The van der Waals surface area contributed by atoms with Gasteiger partial charge < -0.3 is 0 Å². The summed E-state index contributed by atoms with van der Waals surface area (Å²) in [7, 11) is 0. The number of anilines is 1. The molecular weight excluding hydrogens is 407 g/mol. The minimum Gasteiger partial charge on any atom is -0.295 e. The highest BCUT2D eigenvalue weighted by atomic mass is 32.2. The Kier molecular flexibility index (Phi) is 5.60. The summed E-state index contributed by atoms with van der Waals surface area (Å²) >= 11 is 1.34. The minimum atomic E-state index is -4.41. The maximum absolute atomic E-state index is 13.1. The van der Waals surface area contributed by atoms with Crippen LogP contribution in [0.1, 0.15) is 29.0 Å². The van der Waals surface area contributed by atoms with Gasteiger partial charge in [0.05, 0.1) is 11.3 Å². The van der Waals surface area contributed by atoms with Crippen LogP contribution in [0, 0.1) is 0 Å². The first-order chi connectivity index (χ1) is 14.4. The standard InChI is InChI=1S/C24H20F3NOS/c1-2-16-6-8-17(9-7-16)18-10-12-21(13-11-18)28-22(29)15-30-23(28)19-4-3-5-20(14-19)24(25,26)27/h3-14,23H,2,15H2,1H3. The van der Waals surface area contributed by atoms with Crippen molar-refractivity contribution in [3.05, 3.63) is 89.5 Å². The van der Waals surface area contributed by atoms with E-state index >= 15 is 0 Å². The van der Waals surface area contributed by atoms with Crippen molar-refractivity contribution in [1.82, 2.24) is 0 Å². The van der Waals surface area contributed by atoms with E-state index in [1.54, 1.807) is 11.0 Å². The van der Waals surface area contributed by atoms with E-state index in [0.717, 1.165) is 29.7 Å². The Bertz CT molecular complexity index is 1050. The Balaban J connectivity index is 1.62. The molecule has 0 aromatic heterocycles. The number of thioether (sulfide) groups is 1. The van der Waals surface area contributed by atoms with Crippen LogP contribution in [-0.4, -0.2) is 11.7 Å². The van der Waals surface area contributed by atoms with Gasteiger partial charge in [-0.05, 0) is 52.9 Å². The molecule has 3 aromatic carbocycles. The fraction of sp³-hybridized carbons (Fsp3) is 0.208. The molecule has 1 heterocycles. The van der Waals surface area contributed by atoms with E-state index in [1.807, 2.05) is 24.3 Å². The minimum absolute atomic E-state index is 0.109. The average Bonchev–Trinajstić information content (AvgIpc) is 3.15. The van der Waals surface area contributed by atoms with Gasteiger partial charge in [-0.15, -0.1) is 11.8 Å². The fourth-order valence-electron chi connectivity index (χ4n) is 3.57. The van der Waals surface area contributed by atoms with E-state index < -0.39 is 17.1 Å². The van der Waals surface area contributed by atoms with E-state index in [1.165, 1.54) is 23.4 Å². The molecule has 0 aliphatic carbocycles. The van der Waals surface area contributed by atoms with Crippen LogP contribution in [0.25, 0.3) is 11.1 Å². The molecule has 30 heavy (non-hydrogen) atoms. The maximum Gasteiger partial charge on any atom is 0.416 e. The molecule has 3 aromatic rings. The second-order valence-corrected chi connectivity index (χ2v) is 8.22. The number of aryl methyl sites for hydroxylation is 1. The largest absolute Gasteiger partial charge is 0.416 e. The molecule has 0 N–H and O–H groups in total. The molecule has 1 saturated heterocycles.